The molecule has 1 saturated carbocycles. The molecule has 0 spiro atoms. The number of carbonyl (C=O) groups excluding carboxylic acids is 1. The molecular formula is C13H24N2O3. The minimum absolute atomic E-state index is 0.133. The quantitative estimate of drug-likeness (QED) is 0.715. The Morgan fingerprint density at radius 3 is 2.78 bits per heavy atom. The maximum atomic E-state index is 12.2. The molecule has 5 heteroatoms. The lowest BCUT2D eigenvalue weighted by Gasteiger charge is -2.40. The van der Waals surface area contributed by atoms with E-state index >= 15 is 0 Å². The van der Waals surface area contributed by atoms with E-state index < -0.39 is 5.54 Å². The Bertz CT molecular complexity index is 307. The molecule has 1 saturated heterocycles. The van der Waals surface area contributed by atoms with Gasteiger partial charge in [-0.1, -0.05) is 0 Å². The average molecular weight is 256 g/mol. The van der Waals surface area contributed by atoms with E-state index in [1.807, 2.05) is 7.05 Å². The van der Waals surface area contributed by atoms with Gasteiger partial charge in [0.25, 0.3) is 0 Å². The monoisotopic (exact) mass is 256 g/mol. The lowest BCUT2D eigenvalue weighted by atomic mass is 9.91. The fourth-order valence-corrected chi connectivity index (χ4v) is 2.82. The Hall–Kier alpha value is -0.650. The van der Waals surface area contributed by atoms with Crippen molar-refractivity contribution in [2.24, 2.45) is 5.92 Å². The third kappa shape index (κ3) is 2.53. The molecule has 2 aliphatic rings. The molecule has 1 aliphatic heterocycles. The molecule has 1 N–H and O–H groups in total. The number of hydrogen-bond acceptors (Lipinski definition) is 5. The fourth-order valence-electron chi connectivity index (χ4n) is 2.82. The molecule has 5 nitrogen and oxygen atoms in total. The molecule has 0 bridgehead atoms. The van der Waals surface area contributed by atoms with Crippen LogP contribution in [0.1, 0.15) is 19.8 Å². The highest BCUT2D eigenvalue weighted by molar-refractivity contribution is 5.82. The SMILES string of the molecule is CNC(CN1CCOCC1C)(C(=O)OC)C1CC1. The highest BCUT2D eigenvalue weighted by atomic mass is 16.5. The predicted octanol–water partition coefficient (Wildman–Crippen LogP) is 0.248. The second-order valence-corrected chi connectivity index (χ2v) is 5.38. The van der Waals surface area contributed by atoms with Gasteiger partial charge in [-0.25, -0.2) is 4.79 Å². The maximum absolute atomic E-state index is 12.2. The molecule has 18 heavy (non-hydrogen) atoms. The van der Waals surface area contributed by atoms with Crippen molar-refractivity contribution < 1.29 is 14.3 Å². The molecule has 1 heterocycles. The number of likely N-dealkylation sites (N-methyl/N-ethyl adjacent to an activating group) is 1. The first-order valence-corrected chi connectivity index (χ1v) is 6.73. The van der Waals surface area contributed by atoms with Gasteiger partial charge in [-0.15, -0.1) is 0 Å². The predicted molar refractivity (Wildman–Crippen MR) is 68.4 cm³/mol. The molecule has 2 rings (SSSR count). The summed E-state index contributed by atoms with van der Waals surface area (Å²) >= 11 is 0. The smallest absolute Gasteiger partial charge is 0.327 e. The van der Waals surface area contributed by atoms with Crippen LogP contribution >= 0.6 is 0 Å². The van der Waals surface area contributed by atoms with E-state index in [0.29, 0.717) is 18.5 Å². The molecule has 104 valence electrons. The third-order valence-corrected chi connectivity index (χ3v) is 4.23. The summed E-state index contributed by atoms with van der Waals surface area (Å²) in [6, 6.07) is 0.356. The van der Waals surface area contributed by atoms with Crippen LogP contribution in [0.2, 0.25) is 0 Å². The summed E-state index contributed by atoms with van der Waals surface area (Å²) in [4.78, 5) is 14.5. The first-order chi connectivity index (χ1) is 8.64. The van der Waals surface area contributed by atoms with Gasteiger partial charge in [0.05, 0.1) is 20.3 Å². The average Bonchev–Trinajstić information content (AvgIpc) is 3.22. The number of hydrogen-bond donors (Lipinski definition) is 1. The zero-order valence-electron chi connectivity index (χ0n) is 11.6. The summed E-state index contributed by atoms with van der Waals surface area (Å²) in [5.74, 6) is 0.274. The van der Waals surface area contributed by atoms with Crippen LogP contribution in [0.25, 0.3) is 0 Å². The van der Waals surface area contributed by atoms with Crippen molar-refractivity contribution in [2.75, 3.05) is 40.5 Å². The van der Waals surface area contributed by atoms with E-state index in [-0.39, 0.29) is 5.97 Å². The van der Waals surface area contributed by atoms with Gasteiger partial charge in [0, 0.05) is 19.1 Å². The van der Waals surface area contributed by atoms with Gasteiger partial charge in [0.15, 0.2) is 0 Å². The molecule has 0 aromatic heterocycles. The Morgan fingerprint density at radius 2 is 2.28 bits per heavy atom. The second-order valence-electron chi connectivity index (χ2n) is 5.38. The van der Waals surface area contributed by atoms with E-state index in [1.165, 1.54) is 7.11 Å². The van der Waals surface area contributed by atoms with E-state index in [9.17, 15) is 4.79 Å². The number of rotatable bonds is 5. The van der Waals surface area contributed by atoms with E-state index in [2.05, 4.69) is 17.1 Å². The minimum Gasteiger partial charge on any atom is -0.468 e. The molecule has 2 atom stereocenters. The number of carbonyl (C=O) groups is 1. The summed E-state index contributed by atoms with van der Waals surface area (Å²) in [5.41, 5.74) is -0.541. The molecule has 1 aliphatic carbocycles. The first kappa shape index (κ1) is 13.8. The first-order valence-electron chi connectivity index (χ1n) is 6.73. The number of esters is 1. The molecule has 0 amide bonds. The third-order valence-electron chi connectivity index (χ3n) is 4.23. The summed E-state index contributed by atoms with van der Waals surface area (Å²) in [7, 11) is 3.33. The Morgan fingerprint density at radius 1 is 1.56 bits per heavy atom. The standard InChI is InChI=1S/C13H24N2O3/c1-10-8-18-7-6-15(10)9-13(14-2,11-4-5-11)12(16)17-3/h10-11,14H,4-9H2,1-3H3. The zero-order valence-corrected chi connectivity index (χ0v) is 11.6. The fraction of sp³-hybridized carbons (Fsp3) is 0.923. The van der Waals surface area contributed by atoms with Gasteiger partial charge >= 0.3 is 5.97 Å². The topological polar surface area (TPSA) is 50.8 Å². The van der Waals surface area contributed by atoms with Gasteiger partial charge in [0.1, 0.15) is 5.54 Å². The highest BCUT2D eigenvalue weighted by Gasteiger charge is 2.52. The second kappa shape index (κ2) is 5.55. The summed E-state index contributed by atoms with van der Waals surface area (Å²) in [5, 5.41) is 3.24. The van der Waals surface area contributed by atoms with Crippen LogP contribution in [0, 0.1) is 5.92 Å². The van der Waals surface area contributed by atoms with Crippen molar-refractivity contribution in [1.29, 1.82) is 0 Å². The number of nitrogens with zero attached hydrogens (tertiary/aromatic N) is 1. The number of morpholine rings is 1. The Balaban J connectivity index is 2.11. The number of methoxy groups -OCH3 is 1. The highest BCUT2D eigenvalue weighted by Crippen LogP contribution is 2.41. The largest absolute Gasteiger partial charge is 0.468 e. The van der Waals surface area contributed by atoms with Crippen LogP contribution in [0.5, 0.6) is 0 Å². The van der Waals surface area contributed by atoms with Crippen LogP contribution in [0.15, 0.2) is 0 Å². The molecule has 2 unspecified atom stereocenters. The van der Waals surface area contributed by atoms with Gasteiger partial charge in [-0.2, -0.15) is 0 Å². The van der Waals surface area contributed by atoms with Crippen molar-refractivity contribution in [1.82, 2.24) is 10.2 Å². The van der Waals surface area contributed by atoms with Crippen molar-refractivity contribution >= 4 is 5.97 Å². The van der Waals surface area contributed by atoms with Crippen LogP contribution < -0.4 is 5.32 Å². The molecule has 0 radical (unpaired) electrons. The Labute approximate surface area is 109 Å². The summed E-state index contributed by atoms with van der Waals surface area (Å²) in [6.45, 7) is 5.23. The summed E-state index contributed by atoms with van der Waals surface area (Å²) < 4.78 is 10.5. The number of nitrogens with one attached hydrogen (secondary N) is 1. The lowest BCUT2D eigenvalue weighted by molar-refractivity contribution is -0.151. The van der Waals surface area contributed by atoms with Crippen LogP contribution in [0.4, 0.5) is 0 Å². The molecular weight excluding hydrogens is 232 g/mol. The normalized spacial score (nSPS) is 28.7. The van der Waals surface area contributed by atoms with E-state index in [0.717, 1.165) is 32.6 Å². The minimum atomic E-state index is -0.541. The van der Waals surface area contributed by atoms with Crippen LogP contribution in [-0.4, -0.2) is 62.9 Å². The van der Waals surface area contributed by atoms with E-state index in [1.54, 1.807) is 0 Å². The van der Waals surface area contributed by atoms with Crippen LogP contribution in [-0.2, 0) is 14.3 Å². The molecule has 0 aromatic carbocycles. The van der Waals surface area contributed by atoms with Crippen molar-refractivity contribution in [3.05, 3.63) is 0 Å². The van der Waals surface area contributed by atoms with Gasteiger partial charge in [0.2, 0.25) is 0 Å². The molecule has 0 aromatic rings. The lowest BCUT2D eigenvalue weighted by Crippen LogP contribution is -2.62. The van der Waals surface area contributed by atoms with E-state index in [4.69, 9.17) is 9.47 Å². The number of ether oxygens (including phenoxy) is 2. The summed E-state index contributed by atoms with van der Waals surface area (Å²) in [6.07, 6.45) is 2.21. The van der Waals surface area contributed by atoms with Gasteiger partial charge in [-0.3, -0.25) is 4.90 Å². The van der Waals surface area contributed by atoms with Crippen molar-refractivity contribution in [3.8, 4) is 0 Å². The van der Waals surface area contributed by atoms with Gasteiger partial charge in [-0.05, 0) is 32.7 Å². The van der Waals surface area contributed by atoms with Gasteiger partial charge < -0.3 is 14.8 Å². The Kier molecular flexibility index (Phi) is 4.25. The zero-order chi connectivity index (χ0) is 13.2. The maximum Gasteiger partial charge on any atom is 0.327 e. The molecule has 2 fully saturated rings. The van der Waals surface area contributed by atoms with Crippen molar-refractivity contribution in [3.63, 3.8) is 0 Å². The van der Waals surface area contributed by atoms with Crippen molar-refractivity contribution in [2.45, 2.75) is 31.3 Å². The van der Waals surface area contributed by atoms with Crippen LogP contribution in [0.3, 0.4) is 0 Å².